The first-order valence-corrected chi connectivity index (χ1v) is 8.17. The summed E-state index contributed by atoms with van der Waals surface area (Å²) in [5, 5.41) is 3.60. The first kappa shape index (κ1) is 16.6. The van der Waals surface area contributed by atoms with E-state index >= 15 is 0 Å². The fraction of sp³-hybridized carbons (Fsp3) is 0.150. The normalized spacial score (nSPS) is 10.4. The molecular weight excluding hydrogens is 314 g/mol. The molecule has 0 aliphatic carbocycles. The fourth-order valence-corrected chi connectivity index (χ4v) is 2.66. The Balaban J connectivity index is 1.76. The molecule has 0 aliphatic rings. The van der Waals surface area contributed by atoms with E-state index in [1.54, 1.807) is 12.3 Å². The monoisotopic (exact) mass is 333 g/mol. The van der Waals surface area contributed by atoms with Gasteiger partial charge in [0, 0.05) is 24.7 Å². The highest BCUT2D eigenvalue weighted by Gasteiger charge is 2.21. The molecule has 0 saturated carbocycles. The van der Waals surface area contributed by atoms with Gasteiger partial charge in [-0.05, 0) is 24.6 Å². The zero-order valence-electron chi connectivity index (χ0n) is 14.0. The minimum atomic E-state index is -0.657. The lowest BCUT2D eigenvalue weighted by Crippen LogP contribution is -2.39. The summed E-state index contributed by atoms with van der Waals surface area (Å²) in [6, 6.07) is 18.8. The molecule has 3 aromatic rings. The summed E-state index contributed by atoms with van der Waals surface area (Å²) in [6.07, 6.45) is 1.66. The zero-order chi connectivity index (χ0) is 17.6. The van der Waals surface area contributed by atoms with E-state index in [9.17, 15) is 9.59 Å². The number of para-hydroxylation sites is 1. The van der Waals surface area contributed by atoms with Crippen molar-refractivity contribution in [3.8, 4) is 0 Å². The molecule has 0 bridgehead atoms. The Hall–Kier alpha value is -3.21. The predicted octanol–water partition coefficient (Wildman–Crippen LogP) is 3.22. The number of benzene rings is 2. The quantitative estimate of drug-likeness (QED) is 0.746. The summed E-state index contributed by atoms with van der Waals surface area (Å²) in [7, 11) is 0. The van der Waals surface area contributed by atoms with Crippen molar-refractivity contribution in [2.24, 2.45) is 0 Å². The van der Waals surface area contributed by atoms with Gasteiger partial charge in [-0.3, -0.25) is 14.6 Å². The van der Waals surface area contributed by atoms with E-state index in [0.29, 0.717) is 24.3 Å². The van der Waals surface area contributed by atoms with Crippen LogP contribution in [0, 0.1) is 0 Å². The highest BCUT2D eigenvalue weighted by atomic mass is 16.2. The van der Waals surface area contributed by atoms with Crippen LogP contribution >= 0.6 is 0 Å². The number of hydrogen-bond donors (Lipinski definition) is 1. The molecule has 0 radical (unpaired) electrons. The SMILES string of the molecule is CCN(Cc1ccccc1)C(=O)C(=O)Nc1cccc2cccnc12. The Morgan fingerprint density at radius 2 is 1.76 bits per heavy atom. The highest BCUT2D eigenvalue weighted by Crippen LogP contribution is 2.20. The van der Waals surface area contributed by atoms with Crippen molar-refractivity contribution in [2.75, 3.05) is 11.9 Å². The van der Waals surface area contributed by atoms with E-state index in [2.05, 4.69) is 10.3 Å². The van der Waals surface area contributed by atoms with Gasteiger partial charge in [-0.1, -0.05) is 48.5 Å². The molecule has 3 rings (SSSR count). The van der Waals surface area contributed by atoms with Crippen molar-refractivity contribution in [3.63, 3.8) is 0 Å². The van der Waals surface area contributed by atoms with Crippen LogP contribution in [0.5, 0.6) is 0 Å². The van der Waals surface area contributed by atoms with Gasteiger partial charge >= 0.3 is 11.8 Å². The average molecular weight is 333 g/mol. The fourth-order valence-electron chi connectivity index (χ4n) is 2.66. The maximum Gasteiger partial charge on any atom is 0.313 e. The Bertz CT molecular complexity index is 888. The molecule has 0 spiro atoms. The van der Waals surface area contributed by atoms with Crippen LogP contribution in [0.15, 0.2) is 66.9 Å². The average Bonchev–Trinajstić information content (AvgIpc) is 2.66. The second kappa shape index (κ2) is 7.57. The number of pyridine rings is 1. The number of aromatic nitrogens is 1. The third-order valence-electron chi connectivity index (χ3n) is 3.96. The molecule has 0 unspecified atom stereocenters. The van der Waals surface area contributed by atoms with Gasteiger partial charge in [0.05, 0.1) is 11.2 Å². The van der Waals surface area contributed by atoms with Crippen LogP contribution in [0.2, 0.25) is 0 Å². The molecule has 2 aromatic carbocycles. The van der Waals surface area contributed by atoms with Gasteiger partial charge in [-0.15, -0.1) is 0 Å². The number of carbonyl (C=O) groups is 2. The number of amides is 2. The molecule has 1 N–H and O–H groups in total. The Labute approximate surface area is 146 Å². The van der Waals surface area contributed by atoms with Crippen LogP contribution in [-0.4, -0.2) is 28.2 Å². The first-order valence-electron chi connectivity index (χ1n) is 8.17. The summed E-state index contributed by atoms with van der Waals surface area (Å²) in [4.78, 5) is 30.7. The van der Waals surface area contributed by atoms with Crippen molar-refractivity contribution < 1.29 is 9.59 Å². The van der Waals surface area contributed by atoms with E-state index in [0.717, 1.165) is 10.9 Å². The maximum absolute atomic E-state index is 12.5. The number of rotatable bonds is 4. The first-order chi connectivity index (χ1) is 12.2. The van der Waals surface area contributed by atoms with Crippen LogP contribution in [0.3, 0.4) is 0 Å². The van der Waals surface area contributed by atoms with E-state index in [1.165, 1.54) is 4.90 Å². The molecule has 126 valence electrons. The Morgan fingerprint density at radius 3 is 2.52 bits per heavy atom. The van der Waals surface area contributed by atoms with Crippen molar-refractivity contribution in [3.05, 3.63) is 72.4 Å². The van der Waals surface area contributed by atoms with Gasteiger partial charge in [-0.25, -0.2) is 0 Å². The zero-order valence-corrected chi connectivity index (χ0v) is 14.0. The van der Waals surface area contributed by atoms with Crippen LogP contribution in [0.1, 0.15) is 12.5 Å². The number of likely N-dealkylation sites (N-methyl/N-ethyl adjacent to an activating group) is 1. The lowest BCUT2D eigenvalue weighted by Gasteiger charge is -2.20. The summed E-state index contributed by atoms with van der Waals surface area (Å²) >= 11 is 0. The van der Waals surface area contributed by atoms with Crippen molar-refractivity contribution in [1.29, 1.82) is 0 Å². The second-order valence-electron chi connectivity index (χ2n) is 5.64. The second-order valence-corrected chi connectivity index (χ2v) is 5.64. The smallest absolute Gasteiger partial charge is 0.313 e. The van der Waals surface area contributed by atoms with Crippen molar-refractivity contribution >= 4 is 28.4 Å². The van der Waals surface area contributed by atoms with Crippen LogP contribution in [-0.2, 0) is 16.1 Å². The lowest BCUT2D eigenvalue weighted by molar-refractivity contribution is -0.143. The van der Waals surface area contributed by atoms with Crippen molar-refractivity contribution in [2.45, 2.75) is 13.5 Å². The summed E-state index contributed by atoms with van der Waals surface area (Å²) in [6.45, 7) is 2.71. The van der Waals surface area contributed by atoms with Crippen LogP contribution in [0.25, 0.3) is 10.9 Å². The van der Waals surface area contributed by atoms with Crippen LogP contribution in [0.4, 0.5) is 5.69 Å². The molecule has 1 aromatic heterocycles. The molecule has 0 atom stereocenters. The highest BCUT2D eigenvalue weighted by molar-refractivity contribution is 6.40. The van der Waals surface area contributed by atoms with E-state index in [-0.39, 0.29) is 0 Å². The van der Waals surface area contributed by atoms with Gasteiger partial charge < -0.3 is 10.2 Å². The number of anilines is 1. The molecule has 0 saturated heterocycles. The number of fused-ring (bicyclic) bond motifs is 1. The molecule has 25 heavy (non-hydrogen) atoms. The molecule has 0 aliphatic heterocycles. The molecule has 5 nitrogen and oxygen atoms in total. The predicted molar refractivity (Wildman–Crippen MR) is 97.9 cm³/mol. The maximum atomic E-state index is 12.5. The summed E-state index contributed by atoms with van der Waals surface area (Å²) in [5.74, 6) is -1.21. The number of carbonyl (C=O) groups excluding carboxylic acids is 2. The summed E-state index contributed by atoms with van der Waals surface area (Å²) in [5.41, 5.74) is 2.18. The topological polar surface area (TPSA) is 62.3 Å². The van der Waals surface area contributed by atoms with Gasteiger partial charge in [-0.2, -0.15) is 0 Å². The summed E-state index contributed by atoms with van der Waals surface area (Å²) < 4.78 is 0. The standard InChI is InChI=1S/C20H19N3O2/c1-2-23(14-15-8-4-3-5-9-15)20(25)19(24)22-17-12-6-10-16-11-7-13-21-18(16)17/h3-13H,2,14H2,1H3,(H,22,24). The lowest BCUT2D eigenvalue weighted by atomic mass is 10.2. The molecule has 0 fully saturated rings. The third-order valence-corrected chi connectivity index (χ3v) is 3.96. The van der Waals surface area contributed by atoms with Gasteiger partial charge in [0.2, 0.25) is 0 Å². The third kappa shape index (κ3) is 3.83. The van der Waals surface area contributed by atoms with E-state index in [1.807, 2.05) is 61.5 Å². The molecule has 2 amide bonds. The van der Waals surface area contributed by atoms with Gasteiger partial charge in [0.15, 0.2) is 0 Å². The molecule has 1 heterocycles. The van der Waals surface area contributed by atoms with E-state index < -0.39 is 11.8 Å². The van der Waals surface area contributed by atoms with Gasteiger partial charge in [0.25, 0.3) is 0 Å². The van der Waals surface area contributed by atoms with Gasteiger partial charge in [0.1, 0.15) is 0 Å². The van der Waals surface area contributed by atoms with E-state index in [4.69, 9.17) is 0 Å². The number of nitrogens with one attached hydrogen (secondary N) is 1. The number of hydrogen-bond acceptors (Lipinski definition) is 3. The number of nitrogens with zero attached hydrogens (tertiary/aromatic N) is 2. The minimum absolute atomic E-state index is 0.400. The Morgan fingerprint density at radius 1 is 1.00 bits per heavy atom. The van der Waals surface area contributed by atoms with Crippen molar-refractivity contribution in [1.82, 2.24) is 9.88 Å². The minimum Gasteiger partial charge on any atom is -0.330 e. The Kier molecular flexibility index (Phi) is 5.04. The molecular formula is C20H19N3O2. The van der Waals surface area contributed by atoms with Crippen LogP contribution < -0.4 is 5.32 Å². The largest absolute Gasteiger partial charge is 0.330 e. The molecule has 5 heteroatoms.